The number of ether oxygens (including phenoxy) is 1. The number of carbonyl (C=O) groups excluding carboxylic acids is 2. The molecule has 21 heavy (non-hydrogen) atoms. The summed E-state index contributed by atoms with van der Waals surface area (Å²) in [4.78, 5) is 22.6. The summed E-state index contributed by atoms with van der Waals surface area (Å²) in [6.45, 7) is -0.494. The molecule has 2 rings (SSSR count). The van der Waals surface area contributed by atoms with Crippen molar-refractivity contribution in [2.75, 3.05) is 6.61 Å². The Kier molecular flexibility index (Phi) is 4.35. The number of hydrogen-bond donors (Lipinski definition) is 2. The van der Waals surface area contributed by atoms with Gasteiger partial charge in [-0.25, -0.2) is 0 Å². The van der Waals surface area contributed by atoms with Crippen molar-refractivity contribution in [3.63, 3.8) is 0 Å². The first kappa shape index (κ1) is 15.1. The lowest BCUT2D eigenvalue weighted by molar-refractivity contribution is -0.137. The summed E-state index contributed by atoms with van der Waals surface area (Å²) < 4.78 is 42.4. The van der Waals surface area contributed by atoms with Crippen LogP contribution in [0.4, 0.5) is 13.2 Å². The van der Waals surface area contributed by atoms with Gasteiger partial charge in [0.1, 0.15) is 5.75 Å². The molecule has 2 amide bonds. The molecule has 1 aromatic rings. The second-order valence-corrected chi connectivity index (χ2v) is 4.63. The predicted molar refractivity (Wildman–Crippen MR) is 65.9 cm³/mol. The van der Waals surface area contributed by atoms with Gasteiger partial charge in [0, 0.05) is 5.92 Å². The molecular formula is C13H13F3N2O3. The van der Waals surface area contributed by atoms with E-state index >= 15 is 0 Å². The van der Waals surface area contributed by atoms with Crippen molar-refractivity contribution in [2.45, 2.75) is 19.0 Å². The maximum absolute atomic E-state index is 12.5. The van der Waals surface area contributed by atoms with Gasteiger partial charge in [-0.05, 0) is 31.0 Å². The van der Waals surface area contributed by atoms with Crippen LogP contribution >= 0.6 is 0 Å². The molecule has 1 aliphatic carbocycles. The first-order valence-electron chi connectivity index (χ1n) is 6.25. The quantitative estimate of drug-likeness (QED) is 0.831. The van der Waals surface area contributed by atoms with E-state index in [-0.39, 0.29) is 17.6 Å². The lowest BCUT2D eigenvalue weighted by Crippen LogP contribution is -2.44. The number of halogens is 3. The molecule has 1 fully saturated rings. The highest BCUT2D eigenvalue weighted by Gasteiger charge is 2.31. The van der Waals surface area contributed by atoms with Crippen LogP contribution in [0.1, 0.15) is 18.4 Å². The number of hydrazine groups is 1. The second-order valence-electron chi connectivity index (χ2n) is 4.63. The van der Waals surface area contributed by atoms with Gasteiger partial charge < -0.3 is 4.74 Å². The molecule has 0 aromatic heterocycles. The number of nitrogens with one attached hydrogen (secondary N) is 2. The third-order valence-electron chi connectivity index (χ3n) is 2.80. The molecule has 0 atom stereocenters. The van der Waals surface area contributed by atoms with Crippen molar-refractivity contribution in [1.82, 2.24) is 10.9 Å². The summed E-state index contributed by atoms with van der Waals surface area (Å²) in [5.41, 5.74) is 3.49. The highest BCUT2D eigenvalue weighted by Crippen LogP contribution is 2.31. The highest BCUT2D eigenvalue weighted by molar-refractivity contribution is 5.85. The molecule has 0 heterocycles. The van der Waals surface area contributed by atoms with Crippen molar-refractivity contribution >= 4 is 11.8 Å². The number of carbonyl (C=O) groups is 2. The molecule has 114 valence electrons. The number of hydrogen-bond acceptors (Lipinski definition) is 3. The maximum Gasteiger partial charge on any atom is 0.416 e. The molecule has 8 heteroatoms. The highest BCUT2D eigenvalue weighted by atomic mass is 19.4. The minimum atomic E-state index is -4.47. The van der Waals surface area contributed by atoms with Crippen LogP contribution in [0.15, 0.2) is 24.3 Å². The second kappa shape index (κ2) is 6.02. The Labute approximate surface area is 118 Å². The lowest BCUT2D eigenvalue weighted by Gasteiger charge is -2.10. The summed E-state index contributed by atoms with van der Waals surface area (Å²) in [6.07, 6.45) is -2.88. The SMILES string of the molecule is O=C(COc1cccc(C(F)(F)F)c1)NNC(=O)C1CC1. The standard InChI is InChI=1S/C13H13F3N2O3/c14-13(15,16)9-2-1-3-10(6-9)21-7-11(19)17-18-12(20)8-4-5-8/h1-3,6,8H,4-5,7H2,(H,17,19)(H,18,20). The van der Waals surface area contributed by atoms with E-state index in [9.17, 15) is 22.8 Å². The van der Waals surface area contributed by atoms with Gasteiger partial charge in [0.25, 0.3) is 5.91 Å². The largest absolute Gasteiger partial charge is 0.484 e. The van der Waals surface area contributed by atoms with Gasteiger partial charge in [0.05, 0.1) is 5.56 Å². The zero-order chi connectivity index (χ0) is 15.5. The molecule has 1 aromatic carbocycles. The molecule has 0 saturated heterocycles. The summed E-state index contributed by atoms with van der Waals surface area (Å²) in [7, 11) is 0. The third kappa shape index (κ3) is 4.66. The Balaban J connectivity index is 1.79. The van der Waals surface area contributed by atoms with E-state index in [1.807, 2.05) is 0 Å². The van der Waals surface area contributed by atoms with E-state index in [4.69, 9.17) is 4.74 Å². The molecule has 0 radical (unpaired) electrons. The van der Waals surface area contributed by atoms with Crippen LogP contribution in [0.2, 0.25) is 0 Å². The van der Waals surface area contributed by atoms with E-state index in [2.05, 4.69) is 10.9 Å². The van der Waals surface area contributed by atoms with Crippen LogP contribution in [0, 0.1) is 5.92 Å². The molecule has 0 aliphatic heterocycles. The Morgan fingerprint density at radius 2 is 1.95 bits per heavy atom. The topological polar surface area (TPSA) is 67.4 Å². The van der Waals surface area contributed by atoms with Gasteiger partial charge in [-0.15, -0.1) is 0 Å². The number of benzene rings is 1. The molecule has 1 saturated carbocycles. The Morgan fingerprint density at radius 1 is 1.24 bits per heavy atom. The molecule has 0 bridgehead atoms. The molecule has 5 nitrogen and oxygen atoms in total. The van der Waals surface area contributed by atoms with Gasteiger partial charge in [-0.3, -0.25) is 20.4 Å². The minimum absolute atomic E-state index is 0.0605. The van der Waals surface area contributed by atoms with Crippen molar-refractivity contribution in [3.8, 4) is 5.75 Å². The Bertz CT molecular complexity index is 542. The van der Waals surface area contributed by atoms with Crippen molar-refractivity contribution in [1.29, 1.82) is 0 Å². The number of rotatable bonds is 4. The maximum atomic E-state index is 12.5. The number of alkyl halides is 3. The Hall–Kier alpha value is -2.25. The minimum Gasteiger partial charge on any atom is -0.484 e. The molecule has 0 unspecified atom stereocenters. The van der Waals surface area contributed by atoms with Crippen LogP contribution in [0.3, 0.4) is 0 Å². The monoisotopic (exact) mass is 302 g/mol. The molecule has 2 N–H and O–H groups in total. The summed E-state index contributed by atoms with van der Waals surface area (Å²) in [5.74, 6) is -1.06. The van der Waals surface area contributed by atoms with Crippen molar-refractivity contribution < 1.29 is 27.5 Å². The van der Waals surface area contributed by atoms with Crippen LogP contribution in [-0.4, -0.2) is 18.4 Å². The van der Waals surface area contributed by atoms with Crippen molar-refractivity contribution in [3.05, 3.63) is 29.8 Å². The average Bonchev–Trinajstić information content (AvgIpc) is 3.26. The van der Waals surface area contributed by atoms with Gasteiger partial charge in [-0.2, -0.15) is 13.2 Å². The van der Waals surface area contributed by atoms with E-state index < -0.39 is 24.3 Å². The van der Waals surface area contributed by atoms with Crippen molar-refractivity contribution in [2.24, 2.45) is 5.92 Å². The first-order valence-corrected chi connectivity index (χ1v) is 6.25. The van der Waals surface area contributed by atoms with Gasteiger partial charge >= 0.3 is 6.18 Å². The summed E-state index contributed by atoms with van der Waals surface area (Å²) in [5, 5.41) is 0. The lowest BCUT2D eigenvalue weighted by atomic mass is 10.2. The zero-order valence-electron chi connectivity index (χ0n) is 10.9. The number of amides is 2. The normalized spacial score (nSPS) is 14.4. The van der Waals surface area contributed by atoms with E-state index in [1.54, 1.807) is 0 Å². The molecular weight excluding hydrogens is 289 g/mol. The predicted octanol–water partition coefficient (Wildman–Crippen LogP) is 1.64. The van der Waals surface area contributed by atoms with Crippen LogP contribution < -0.4 is 15.6 Å². The smallest absolute Gasteiger partial charge is 0.416 e. The first-order chi connectivity index (χ1) is 9.86. The average molecular weight is 302 g/mol. The Morgan fingerprint density at radius 3 is 2.57 bits per heavy atom. The fourth-order valence-corrected chi connectivity index (χ4v) is 1.53. The van der Waals surface area contributed by atoms with Crippen LogP contribution in [0.5, 0.6) is 5.75 Å². The third-order valence-corrected chi connectivity index (χ3v) is 2.80. The van der Waals surface area contributed by atoms with E-state index in [0.29, 0.717) is 0 Å². The summed E-state index contributed by atoms with van der Waals surface area (Å²) >= 11 is 0. The summed E-state index contributed by atoms with van der Waals surface area (Å²) in [6, 6.07) is 4.20. The molecule has 0 spiro atoms. The van der Waals surface area contributed by atoms with Gasteiger partial charge in [-0.1, -0.05) is 6.07 Å². The van der Waals surface area contributed by atoms with Gasteiger partial charge in [0.15, 0.2) is 6.61 Å². The van der Waals surface area contributed by atoms with E-state index in [0.717, 1.165) is 25.0 Å². The fraction of sp³-hybridized carbons (Fsp3) is 0.385. The zero-order valence-corrected chi connectivity index (χ0v) is 10.9. The van der Waals surface area contributed by atoms with Crippen LogP contribution in [0.25, 0.3) is 0 Å². The van der Waals surface area contributed by atoms with E-state index in [1.165, 1.54) is 12.1 Å². The molecule has 1 aliphatic rings. The van der Waals surface area contributed by atoms with Gasteiger partial charge in [0.2, 0.25) is 5.91 Å². The van der Waals surface area contributed by atoms with Crippen LogP contribution in [-0.2, 0) is 15.8 Å². The fourth-order valence-electron chi connectivity index (χ4n) is 1.53.